The first-order valence-corrected chi connectivity index (χ1v) is 7.34. The zero-order valence-electron chi connectivity index (χ0n) is 10.8. The lowest BCUT2D eigenvalue weighted by Crippen LogP contribution is -2.36. The van der Waals surface area contributed by atoms with Crippen molar-refractivity contribution in [2.24, 2.45) is 5.92 Å². The van der Waals surface area contributed by atoms with Gasteiger partial charge in [-0.15, -0.1) is 0 Å². The average molecular weight is 288 g/mol. The van der Waals surface area contributed by atoms with Crippen LogP contribution in [0.3, 0.4) is 0 Å². The fourth-order valence-electron chi connectivity index (χ4n) is 1.27. The van der Waals surface area contributed by atoms with Gasteiger partial charge >= 0.3 is 0 Å². The van der Waals surface area contributed by atoms with E-state index in [1.54, 1.807) is 13.8 Å². The highest BCUT2D eigenvalue weighted by Gasteiger charge is 2.13. The molecule has 106 valence electrons. The Bertz CT molecular complexity index is 526. The van der Waals surface area contributed by atoms with Gasteiger partial charge in [0.25, 0.3) is 0 Å². The summed E-state index contributed by atoms with van der Waals surface area (Å²) in [6, 6.07) is 4.53. The van der Waals surface area contributed by atoms with Crippen LogP contribution in [-0.2, 0) is 14.8 Å². The zero-order valence-corrected chi connectivity index (χ0v) is 11.6. The minimum atomic E-state index is -3.66. The van der Waals surface area contributed by atoms with E-state index in [2.05, 4.69) is 10.0 Å². The summed E-state index contributed by atoms with van der Waals surface area (Å²) < 4.78 is 38.6. The van der Waals surface area contributed by atoms with Gasteiger partial charge in [-0.3, -0.25) is 4.79 Å². The van der Waals surface area contributed by atoms with Crippen molar-refractivity contribution in [3.05, 3.63) is 30.1 Å². The molecule has 0 aliphatic rings. The summed E-state index contributed by atoms with van der Waals surface area (Å²) in [4.78, 5) is 11.2. The van der Waals surface area contributed by atoms with Crippen molar-refractivity contribution in [2.45, 2.75) is 18.7 Å². The molecule has 0 heterocycles. The van der Waals surface area contributed by atoms with E-state index in [1.807, 2.05) is 0 Å². The zero-order chi connectivity index (χ0) is 14.5. The number of hydrogen-bond acceptors (Lipinski definition) is 3. The average Bonchev–Trinajstić information content (AvgIpc) is 2.34. The Morgan fingerprint density at radius 1 is 1.21 bits per heavy atom. The Hall–Kier alpha value is -1.47. The molecule has 1 aromatic rings. The smallest absolute Gasteiger partial charge is 0.240 e. The molecule has 0 aromatic heterocycles. The van der Waals surface area contributed by atoms with Crippen molar-refractivity contribution in [3.8, 4) is 0 Å². The van der Waals surface area contributed by atoms with Gasteiger partial charge in [0.05, 0.1) is 4.90 Å². The van der Waals surface area contributed by atoms with Crippen molar-refractivity contribution in [1.82, 2.24) is 10.0 Å². The summed E-state index contributed by atoms with van der Waals surface area (Å²) >= 11 is 0. The molecule has 2 N–H and O–H groups in total. The molecule has 0 aliphatic heterocycles. The lowest BCUT2D eigenvalue weighted by Gasteiger charge is -2.09. The van der Waals surface area contributed by atoms with Crippen LogP contribution in [-0.4, -0.2) is 27.4 Å². The number of rotatable bonds is 6. The third kappa shape index (κ3) is 4.96. The van der Waals surface area contributed by atoms with E-state index in [1.165, 1.54) is 12.1 Å². The second kappa shape index (κ2) is 6.63. The monoisotopic (exact) mass is 288 g/mol. The molecule has 1 amide bonds. The van der Waals surface area contributed by atoms with E-state index in [4.69, 9.17) is 0 Å². The van der Waals surface area contributed by atoms with Crippen molar-refractivity contribution in [3.63, 3.8) is 0 Å². The number of benzene rings is 1. The fourth-order valence-corrected chi connectivity index (χ4v) is 2.30. The molecule has 0 radical (unpaired) electrons. The maximum absolute atomic E-state index is 12.7. The number of carbonyl (C=O) groups excluding carboxylic acids is 1. The number of halogens is 1. The molecule has 0 saturated heterocycles. The third-order valence-electron chi connectivity index (χ3n) is 2.36. The van der Waals surface area contributed by atoms with Crippen LogP contribution in [0, 0.1) is 11.7 Å². The summed E-state index contributed by atoms with van der Waals surface area (Å²) in [6.07, 6.45) is 0. The van der Waals surface area contributed by atoms with E-state index in [0.717, 1.165) is 12.1 Å². The van der Waals surface area contributed by atoms with Crippen molar-refractivity contribution >= 4 is 15.9 Å². The van der Waals surface area contributed by atoms with Gasteiger partial charge in [-0.05, 0) is 24.3 Å². The Morgan fingerprint density at radius 3 is 2.32 bits per heavy atom. The number of hydrogen-bond donors (Lipinski definition) is 2. The van der Waals surface area contributed by atoms with E-state index in [9.17, 15) is 17.6 Å². The maximum atomic E-state index is 12.7. The second-order valence-electron chi connectivity index (χ2n) is 4.30. The molecule has 0 spiro atoms. The topological polar surface area (TPSA) is 75.3 Å². The maximum Gasteiger partial charge on any atom is 0.240 e. The first kappa shape index (κ1) is 15.6. The molecule has 0 aliphatic carbocycles. The highest BCUT2D eigenvalue weighted by molar-refractivity contribution is 7.89. The van der Waals surface area contributed by atoms with Crippen molar-refractivity contribution in [1.29, 1.82) is 0 Å². The van der Waals surface area contributed by atoms with Gasteiger partial charge in [-0.25, -0.2) is 17.5 Å². The number of sulfonamides is 1. The summed E-state index contributed by atoms with van der Waals surface area (Å²) in [5, 5.41) is 2.59. The van der Waals surface area contributed by atoms with Crippen LogP contribution in [0.2, 0.25) is 0 Å². The SMILES string of the molecule is CC(C)C(=O)NCCNS(=O)(=O)c1ccc(F)cc1. The molecule has 0 atom stereocenters. The van der Waals surface area contributed by atoms with Gasteiger partial charge in [-0.2, -0.15) is 0 Å². The van der Waals surface area contributed by atoms with Crippen LogP contribution in [0.1, 0.15) is 13.8 Å². The fraction of sp³-hybridized carbons (Fsp3) is 0.417. The Labute approximate surface area is 112 Å². The van der Waals surface area contributed by atoms with Gasteiger partial charge in [0, 0.05) is 19.0 Å². The predicted molar refractivity (Wildman–Crippen MR) is 69.4 cm³/mol. The second-order valence-corrected chi connectivity index (χ2v) is 6.06. The minimum absolute atomic E-state index is 0.0101. The molecule has 19 heavy (non-hydrogen) atoms. The predicted octanol–water partition coefficient (Wildman–Crippen LogP) is 0.876. The van der Waals surface area contributed by atoms with E-state index in [-0.39, 0.29) is 29.8 Å². The summed E-state index contributed by atoms with van der Waals surface area (Å²) in [5.74, 6) is -0.780. The number of amides is 1. The van der Waals surface area contributed by atoms with Crippen LogP contribution in [0.4, 0.5) is 4.39 Å². The molecular weight excluding hydrogens is 271 g/mol. The molecule has 1 rings (SSSR count). The standard InChI is InChI=1S/C12H17FN2O3S/c1-9(2)12(16)14-7-8-15-19(17,18)11-5-3-10(13)4-6-11/h3-6,9,15H,7-8H2,1-2H3,(H,14,16). The van der Waals surface area contributed by atoms with Crippen LogP contribution in [0.5, 0.6) is 0 Å². The molecule has 0 bridgehead atoms. The van der Waals surface area contributed by atoms with Gasteiger partial charge in [0.1, 0.15) is 5.82 Å². The quantitative estimate of drug-likeness (QED) is 0.763. The highest BCUT2D eigenvalue weighted by atomic mass is 32.2. The van der Waals surface area contributed by atoms with Crippen molar-refractivity contribution in [2.75, 3.05) is 13.1 Å². The van der Waals surface area contributed by atoms with E-state index >= 15 is 0 Å². The van der Waals surface area contributed by atoms with Gasteiger partial charge in [0.15, 0.2) is 0 Å². The van der Waals surface area contributed by atoms with Crippen LogP contribution in [0.15, 0.2) is 29.2 Å². The van der Waals surface area contributed by atoms with Crippen molar-refractivity contribution < 1.29 is 17.6 Å². The van der Waals surface area contributed by atoms with Crippen LogP contribution < -0.4 is 10.0 Å². The highest BCUT2D eigenvalue weighted by Crippen LogP contribution is 2.08. The summed E-state index contributed by atoms with van der Waals surface area (Å²) in [5.41, 5.74) is 0. The van der Waals surface area contributed by atoms with Crippen LogP contribution in [0.25, 0.3) is 0 Å². The summed E-state index contributed by atoms with van der Waals surface area (Å²) in [7, 11) is -3.66. The normalized spacial score (nSPS) is 11.6. The minimum Gasteiger partial charge on any atom is -0.355 e. The first-order valence-electron chi connectivity index (χ1n) is 5.86. The molecule has 0 saturated carbocycles. The Morgan fingerprint density at radius 2 is 1.79 bits per heavy atom. The Kier molecular flexibility index (Phi) is 5.44. The van der Waals surface area contributed by atoms with E-state index in [0.29, 0.717) is 0 Å². The molecule has 5 nitrogen and oxygen atoms in total. The molecule has 1 aromatic carbocycles. The lowest BCUT2D eigenvalue weighted by molar-refractivity contribution is -0.123. The first-order chi connectivity index (χ1) is 8.83. The van der Waals surface area contributed by atoms with Crippen LogP contribution >= 0.6 is 0 Å². The summed E-state index contributed by atoms with van der Waals surface area (Å²) in [6.45, 7) is 3.78. The van der Waals surface area contributed by atoms with E-state index < -0.39 is 15.8 Å². The third-order valence-corrected chi connectivity index (χ3v) is 3.84. The Balaban J connectivity index is 2.48. The molecule has 7 heteroatoms. The lowest BCUT2D eigenvalue weighted by atomic mass is 10.2. The number of carbonyl (C=O) groups is 1. The molecular formula is C12H17FN2O3S. The van der Waals surface area contributed by atoms with Gasteiger partial charge in [-0.1, -0.05) is 13.8 Å². The van der Waals surface area contributed by atoms with Gasteiger partial charge < -0.3 is 5.32 Å². The molecule has 0 fully saturated rings. The molecule has 0 unspecified atom stereocenters. The van der Waals surface area contributed by atoms with Gasteiger partial charge in [0.2, 0.25) is 15.9 Å². The number of nitrogens with one attached hydrogen (secondary N) is 2. The largest absolute Gasteiger partial charge is 0.355 e.